The fourth-order valence-electron chi connectivity index (χ4n) is 1.40. The maximum Gasteiger partial charge on any atom is 0.312 e. The summed E-state index contributed by atoms with van der Waals surface area (Å²) in [6.45, 7) is 4.91. The molecule has 5 nitrogen and oxygen atoms in total. The molecule has 0 amide bonds. The lowest BCUT2D eigenvalue weighted by Crippen LogP contribution is -2.37. The molecule has 5 heteroatoms. The second-order valence-electron chi connectivity index (χ2n) is 4.43. The van der Waals surface area contributed by atoms with Gasteiger partial charge in [-0.25, -0.2) is 4.98 Å². The van der Waals surface area contributed by atoms with Crippen LogP contribution < -0.4 is 5.32 Å². The van der Waals surface area contributed by atoms with Gasteiger partial charge in [-0.3, -0.25) is 4.79 Å². The molecule has 0 spiro atoms. The predicted molar refractivity (Wildman–Crippen MR) is 60.7 cm³/mol. The van der Waals surface area contributed by atoms with E-state index in [2.05, 4.69) is 10.3 Å². The Bertz CT molecular complexity index is 358. The van der Waals surface area contributed by atoms with Gasteiger partial charge in [0.15, 0.2) is 0 Å². The highest BCUT2D eigenvalue weighted by atomic mass is 16.5. The van der Waals surface area contributed by atoms with Gasteiger partial charge in [-0.15, -0.1) is 0 Å². The molecule has 0 aliphatic rings. The van der Waals surface area contributed by atoms with E-state index in [0.717, 1.165) is 5.82 Å². The Kier molecular flexibility index (Phi) is 4.06. The Labute approximate surface area is 95.8 Å². The van der Waals surface area contributed by atoms with Crippen LogP contribution in [0.15, 0.2) is 12.4 Å². The van der Waals surface area contributed by atoms with Crippen molar-refractivity contribution >= 4 is 5.97 Å². The number of ether oxygens (including phenoxy) is 1. The summed E-state index contributed by atoms with van der Waals surface area (Å²) in [5.41, 5.74) is -0.514. The minimum atomic E-state index is -0.514. The van der Waals surface area contributed by atoms with Gasteiger partial charge >= 0.3 is 5.97 Å². The fourth-order valence-corrected chi connectivity index (χ4v) is 1.40. The number of hydrogen-bond donors (Lipinski definition) is 1. The van der Waals surface area contributed by atoms with Crippen LogP contribution in [-0.2, 0) is 23.1 Å². The molecule has 0 fully saturated rings. The third-order valence-corrected chi connectivity index (χ3v) is 2.51. The lowest BCUT2D eigenvalue weighted by atomic mass is 9.94. The molecule has 0 aliphatic heterocycles. The van der Waals surface area contributed by atoms with Crippen LogP contribution in [0.25, 0.3) is 0 Å². The SMILES string of the molecule is COC(=O)C(C)(C)CNCc1nccn1C. The number of aromatic nitrogens is 2. The number of carbonyl (C=O) groups is 1. The van der Waals surface area contributed by atoms with Crippen LogP contribution in [0.1, 0.15) is 19.7 Å². The quantitative estimate of drug-likeness (QED) is 0.750. The molecule has 90 valence electrons. The lowest BCUT2D eigenvalue weighted by molar-refractivity contribution is -0.150. The Morgan fingerprint density at radius 2 is 2.31 bits per heavy atom. The van der Waals surface area contributed by atoms with Gasteiger partial charge in [0.05, 0.1) is 19.1 Å². The van der Waals surface area contributed by atoms with Gasteiger partial charge in [0.2, 0.25) is 0 Å². The molecule has 0 saturated carbocycles. The minimum absolute atomic E-state index is 0.208. The summed E-state index contributed by atoms with van der Waals surface area (Å²) in [5, 5.41) is 3.20. The van der Waals surface area contributed by atoms with Gasteiger partial charge in [0.1, 0.15) is 5.82 Å². The first-order chi connectivity index (χ1) is 7.47. The summed E-state index contributed by atoms with van der Waals surface area (Å²) in [6.07, 6.45) is 3.64. The van der Waals surface area contributed by atoms with Crippen LogP contribution in [0.4, 0.5) is 0 Å². The first-order valence-corrected chi connectivity index (χ1v) is 5.22. The summed E-state index contributed by atoms with van der Waals surface area (Å²) in [4.78, 5) is 15.6. The smallest absolute Gasteiger partial charge is 0.312 e. The second kappa shape index (κ2) is 5.12. The van der Waals surface area contributed by atoms with Crippen molar-refractivity contribution in [3.8, 4) is 0 Å². The third-order valence-electron chi connectivity index (χ3n) is 2.51. The first-order valence-electron chi connectivity index (χ1n) is 5.22. The Balaban J connectivity index is 2.41. The number of carbonyl (C=O) groups excluding carboxylic acids is 1. The van der Waals surface area contributed by atoms with Crippen molar-refractivity contribution in [2.45, 2.75) is 20.4 Å². The van der Waals surface area contributed by atoms with Crippen molar-refractivity contribution in [2.75, 3.05) is 13.7 Å². The fraction of sp³-hybridized carbons (Fsp3) is 0.636. The Morgan fingerprint density at radius 1 is 1.62 bits per heavy atom. The maximum absolute atomic E-state index is 11.4. The third kappa shape index (κ3) is 3.06. The molecule has 1 N–H and O–H groups in total. The molecule has 0 aliphatic carbocycles. The van der Waals surface area contributed by atoms with Crippen molar-refractivity contribution in [2.24, 2.45) is 12.5 Å². The van der Waals surface area contributed by atoms with E-state index in [1.54, 1.807) is 6.20 Å². The van der Waals surface area contributed by atoms with Crippen molar-refractivity contribution in [1.29, 1.82) is 0 Å². The van der Waals surface area contributed by atoms with Crippen molar-refractivity contribution < 1.29 is 9.53 Å². The maximum atomic E-state index is 11.4. The highest BCUT2D eigenvalue weighted by Crippen LogP contribution is 2.15. The Morgan fingerprint density at radius 3 is 2.81 bits per heavy atom. The number of esters is 1. The molecule has 16 heavy (non-hydrogen) atoms. The van der Waals surface area contributed by atoms with Crippen LogP contribution in [-0.4, -0.2) is 29.2 Å². The standard InChI is InChI=1S/C11H19N3O2/c1-11(2,10(15)16-4)8-12-7-9-13-5-6-14(9)3/h5-6,12H,7-8H2,1-4H3. The minimum Gasteiger partial charge on any atom is -0.469 e. The van der Waals surface area contributed by atoms with E-state index in [9.17, 15) is 4.79 Å². The van der Waals surface area contributed by atoms with Crippen molar-refractivity contribution in [3.63, 3.8) is 0 Å². The largest absolute Gasteiger partial charge is 0.469 e. The highest BCUT2D eigenvalue weighted by Gasteiger charge is 2.28. The molecule has 1 aromatic heterocycles. The lowest BCUT2D eigenvalue weighted by Gasteiger charge is -2.21. The number of rotatable bonds is 5. The molecule has 1 aromatic rings. The van der Waals surface area contributed by atoms with Gasteiger partial charge in [0, 0.05) is 26.0 Å². The summed E-state index contributed by atoms with van der Waals surface area (Å²) in [6, 6.07) is 0. The average Bonchev–Trinajstić information content (AvgIpc) is 2.63. The second-order valence-corrected chi connectivity index (χ2v) is 4.43. The zero-order chi connectivity index (χ0) is 12.2. The van der Waals surface area contributed by atoms with Gasteiger partial charge < -0.3 is 14.6 Å². The molecule has 0 saturated heterocycles. The number of imidazole rings is 1. The van der Waals surface area contributed by atoms with Gasteiger partial charge in [0.25, 0.3) is 0 Å². The molecular weight excluding hydrogens is 206 g/mol. The summed E-state index contributed by atoms with van der Waals surface area (Å²) < 4.78 is 6.67. The summed E-state index contributed by atoms with van der Waals surface area (Å²) in [7, 11) is 3.35. The number of aryl methyl sites for hydroxylation is 1. The van der Waals surface area contributed by atoms with E-state index in [-0.39, 0.29) is 5.97 Å². The number of methoxy groups -OCH3 is 1. The molecule has 0 atom stereocenters. The monoisotopic (exact) mass is 225 g/mol. The van der Waals surface area contributed by atoms with E-state index < -0.39 is 5.41 Å². The van der Waals surface area contributed by atoms with Crippen molar-refractivity contribution in [3.05, 3.63) is 18.2 Å². The summed E-state index contributed by atoms with van der Waals surface area (Å²) in [5.74, 6) is 0.737. The van der Waals surface area contributed by atoms with E-state index in [0.29, 0.717) is 13.1 Å². The van der Waals surface area contributed by atoms with E-state index in [1.165, 1.54) is 7.11 Å². The highest BCUT2D eigenvalue weighted by molar-refractivity contribution is 5.76. The van der Waals surface area contributed by atoms with Crippen LogP contribution in [0, 0.1) is 5.41 Å². The molecule has 1 rings (SSSR count). The van der Waals surface area contributed by atoms with Gasteiger partial charge in [-0.2, -0.15) is 0 Å². The van der Waals surface area contributed by atoms with Crippen molar-refractivity contribution in [1.82, 2.24) is 14.9 Å². The van der Waals surface area contributed by atoms with Gasteiger partial charge in [-0.05, 0) is 13.8 Å². The van der Waals surface area contributed by atoms with Crippen LogP contribution >= 0.6 is 0 Å². The van der Waals surface area contributed by atoms with E-state index >= 15 is 0 Å². The molecule has 0 aromatic carbocycles. The van der Waals surface area contributed by atoms with Crippen LogP contribution in [0.5, 0.6) is 0 Å². The zero-order valence-corrected chi connectivity index (χ0v) is 10.3. The normalized spacial score (nSPS) is 11.5. The Hall–Kier alpha value is -1.36. The predicted octanol–water partition coefficient (Wildman–Crippen LogP) is 0.709. The molecule has 0 unspecified atom stereocenters. The number of nitrogens with one attached hydrogen (secondary N) is 1. The molecule has 0 radical (unpaired) electrons. The number of hydrogen-bond acceptors (Lipinski definition) is 4. The zero-order valence-electron chi connectivity index (χ0n) is 10.3. The van der Waals surface area contributed by atoms with Crippen LogP contribution in [0.2, 0.25) is 0 Å². The molecular formula is C11H19N3O2. The topological polar surface area (TPSA) is 56.1 Å². The van der Waals surface area contributed by atoms with E-state index in [4.69, 9.17) is 4.74 Å². The number of nitrogens with zero attached hydrogens (tertiary/aromatic N) is 2. The van der Waals surface area contributed by atoms with Crippen LogP contribution in [0.3, 0.4) is 0 Å². The van der Waals surface area contributed by atoms with E-state index in [1.807, 2.05) is 31.7 Å². The average molecular weight is 225 g/mol. The first kappa shape index (κ1) is 12.7. The molecule has 0 bridgehead atoms. The van der Waals surface area contributed by atoms with Gasteiger partial charge in [-0.1, -0.05) is 0 Å². The summed E-state index contributed by atoms with van der Waals surface area (Å²) >= 11 is 0. The molecule has 1 heterocycles.